The molecule has 1 heterocycles. The molecule has 286 valence electrons. The van der Waals surface area contributed by atoms with Crippen LogP contribution in [-0.2, 0) is 42.7 Å². The minimum Gasteiger partial charge on any atom is -0.394 e. The molecule has 0 aromatic rings. The number of aliphatic hydroxyl groups is 3. The first kappa shape index (κ1) is 44.6. The first-order valence-electron chi connectivity index (χ1n) is 16.9. The number of nitrogens with zero attached hydrogens (tertiary/aromatic N) is 3. The van der Waals surface area contributed by atoms with Crippen LogP contribution in [0.4, 0.5) is 4.79 Å². The molecule has 19 heteroatoms. The van der Waals surface area contributed by atoms with Gasteiger partial charge in [-0.05, 0) is 18.4 Å². The third-order valence-electron chi connectivity index (χ3n) is 7.00. The number of hydrogen-bond donors (Lipinski definition) is 6. The molecule has 49 heavy (non-hydrogen) atoms. The van der Waals surface area contributed by atoms with Gasteiger partial charge in [0.1, 0.15) is 18.3 Å². The molecule has 0 saturated carbocycles. The predicted molar refractivity (Wildman–Crippen MR) is 175 cm³/mol. The normalized spacial score (nSPS) is 20.4. The van der Waals surface area contributed by atoms with Gasteiger partial charge in [-0.1, -0.05) is 18.0 Å². The molecule has 5 atom stereocenters. The van der Waals surface area contributed by atoms with Gasteiger partial charge in [-0.2, -0.15) is 0 Å². The summed E-state index contributed by atoms with van der Waals surface area (Å²) in [4.78, 5) is 26.0. The number of ether oxygens (including phenoxy) is 8. The van der Waals surface area contributed by atoms with E-state index in [0.29, 0.717) is 119 Å². The topological polar surface area (TPSA) is 254 Å². The molecule has 1 saturated heterocycles. The molecule has 6 N–H and O–H groups in total. The number of carbonyl (C=O) groups excluding carboxylic acids is 2. The Morgan fingerprint density at radius 2 is 1.18 bits per heavy atom. The van der Waals surface area contributed by atoms with E-state index in [4.69, 9.17) is 43.4 Å². The number of carbonyl (C=O) groups is 2. The van der Waals surface area contributed by atoms with Gasteiger partial charge in [0.05, 0.1) is 105 Å². The van der Waals surface area contributed by atoms with E-state index in [1.165, 1.54) is 6.92 Å². The van der Waals surface area contributed by atoms with Crippen molar-refractivity contribution in [1.82, 2.24) is 16.0 Å². The van der Waals surface area contributed by atoms with Crippen molar-refractivity contribution in [2.75, 3.05) is 119 Å². The van der Waals surface area contributed by atoms with Gasteiger partial charge in [0.15, 0.2) is 0 Å². The first-order chi connectivity index (χ1) is 23.9. The van der Waals surface area contributed by atoms with E-state index in [0.717, 1.165) is 19.3 Å². The summed E-state index contributed by atoms with van der Waals surface area (Å²) in [5, 5.41) is 41.3. The van der Waals surface area contributed by atoms with Crippen LogP contribution >= 0.6 is 0 Å². The van der Waals surface area contributed by atoms with Crippen LogP contribution in [0.2, 0.25) is 0 Å². The fraction of sp³-hybridized carbons (Fsp3) is 0.933. The first-order valence-corrected chi connectivity index (χ1v) is 16.9. The molecule has 0 bridgehead atoms. The van der Waals surface area contributed by atoms with Gasteiger partial charge in [0.2, 0.25) is 5.91 Å². The Labute approximate surface area is 288 Å². The molecule has 0 aromatic carbocycles. The molecule has 3 amide bonds. The SMILES string of the molecule is CC(=O)N[C@@H]1[C@@H](O)[C@@H](O)[C@@H](CO)O[C@@H]1CCCCCOCCOCCNC(=O)NCCOCCOCCOCCOCCOCCN=[N+]=[N-]. The lowest BCUT2D eigenvalue weighted by atomic mass is 9.90. The summed E-state index contributed by atoms with van der Waals surface area (Å²) in [5.41, 5.74) is 8.14. The van der Waals surface area contributed by atoms with E-state index in [-0.39, 0.29) is 11.9 Å². The molecule has 0 spiro atoms. The highest BCUT2D eigenvalue weighted by Gasteiger charge is 2.44. The van der Waals surface area contributed by atoms with Gasteiger partial charge >= 0.3 is 6.03 Å². The molecule has 0 unspecified atom stereocenters. The zero-order valence-electron chi connectivity index (χ0n) is 28.7. The third kappa shape index (κ3) is 24.4. The van der Waals surface area contributed by atoms with Crippen molar-refractivity contribution in [1.29, 1.82) is 0 Å². The van der Waals surface area contributed by atoms with Crippen LogP contribution < -0.4 is 16.0 Å². The highest BCUT2D eigenvalue weighted by molar-refractivity contribution is 5.73. The second-order valence-electron chi connectivity index (χ2n) is 10.9. The Balaban J connectivity index is 1.83. The molecular weight excluding hydrogens is 652 g/mol. The number of aliphatic hydroxyl groups excluding tert-OH is 3. The quantitative estimate of drug-likeness (QED) is 0.0218. The van der Waals surface area contributed by atoms with Gasteiger partial charge in [-0.25, -0.2) is 4.79 Å². The molecule has 0 aliphatic carbocycles. The predicted octanol–water partition coefficient (Wildman–Crippen LogP) is -0.741. The summed E-state index contributed by atoms with van der Waals surface area (Å²) in [6, 6.07) is -1.05. The maximum absolute atomic E-state index is 11.8. The molecule has 1 aliphatic heterocycles. The maximum Gasteiger partial charge on any atom is 0.314 e. The molecule has 19 nitrogen and oxygen atoms in total. The van der Waals surface area contributed by atoms with Crippen LogP contribution in [0.15, 0.2) is 5.11 Å². The smallest absolute Gasteiger partial charge is 0.314 e. The number of urea groups is 1. The average molecular weight is 711 g/mol. The van der Waals surface area contributed by atoms with Crippen molar-refractivity contribution >= 4 is 11.9 Å². The third-order valence-corrected chi connectivity index (χ3v) is 7.00. The number of rotatable bonds is 32. The minimum atomic E-state index is -1.27. The van der Waals surface area contributed by atoms with Crippen LogP contribution in [0, 0.1) is 0 Å². The van der Waals surface area contributed by atoms with Crippen molar-refractivity contribution < 1.29 is 62.8 Å². The van der Waals surface area contributed by atoms with Gasteiger partial charge in [-0.3, -0.25) is 4.79 Å². The van der Waals surface area contributed by atoms with Crippen molar-refractivity contribution in [2.24, 2.45) is 5.11 Å². The Kier molecular flexibility index (Phi) is 28.8. The van der Waals surface area contributed by atoms with Crippen LogP contribution in [-0.4, -0.2) is 176 Å². The lowest BCUT2D eigenvalue weighted by molar-refractivity contribution is -0.196. The summed E-state index contributed by atoms with van der Waals surface area (Å²) >= 11 is 0. The van der Waals surface area contributed by atoms with E-state index >= 15 is 0 Å². The van der Waals surface area contributed by atoms with Crippen molar-refractivity contribution in [2.45, 2.75) is 63.1 Å². The summed E-state index contributed by atoms with van der Waals surface area (Å²) in [6.07, 6.45) is -0.954. The van der Waals surface area contributed by atoms with Crippen molar-refractivity contribution in [3.63, 3.8) is 0 Å². The second-order valence-corrected chi connectivity index (χ2v) is 10.9. The standard InChI is InChI=1S/C30H58N6O13/c1-24(38)35-27-25(49-26(23-37)28(39)29(27)40)5-3-2-4-9-42-13-14-43-10-6-32-30(41)33-7-11-44-15-17-46-19-21-48-22-20-47-18-16-45-12-8-34-36-31/h25-29,37,39-40H,2-23H2,1H3,(H,35,38)(H2,32,33,41)/t25-,26-,27+,28+,29-/m1/s1. The monoisotopic (exact) mass is 710 g/mol. The lowest BCUT2D eigenvalue weighted by Gasteiger charge is -2.42. The van der Waals surface area contributed by atoms with Gasteiger partial charge in [0.25, 0.3) is 0 Å². The molecule has 1 aliphatic rings. The molecule has 1 rings (SSSR count). The molecule has 0 aromatic heterocycles. The molecule has 0 radical (unpaired) electrons. The fourth-order valence-corrected chi connectivity index (χ4v) is 4.57. The van der Waals surface area contributed by atoms with Gasteiger partial charge < -0.3 is 69.2 Å². The minimum absolute atomic E-state index is 0.307. The summed E-state index contributed by atoms with van der Waals surface area (Å²) in [6.45, 7) is 7.88. The zero-order valence-corrected chi connectivity index (χ0v) is 28.7. The van der Waals surface area contributed by atoms with Crippen LogP contribution in [0.5, 0.6) is 0 Å². The Morgan fingerprint density at radius 1 is 0.694 bits per heavy atom. The fourth-order valence-electron chi connectivity index (χ4n) is 4.57. The van der Waals surface area contributed by atoms with Gasteiger partial charge in [0, 0.05) is 38.1 Å². The largest absolute Gasteiger partial charge is 0.394 e. The summed E-state index contributed by atoms with van der Waals surface area (Å²) in [7, 11) is 0. The zero-order chi connectivity index (χ0) is 35.8. The van der Waals surface area contributed by atoms with Gasteiger partial charge in [-0.15, -0.1) is 0 Å². The van der Waals surface area contributed by atoms with E-state index in [1.54, 1.807) is 0 Å². The van der Waals surface area contributed by atoms with Crippen molar-refractivity contribution in [3.8, 4) is 0 Å². The van der Waals surface area contributed by atoms with Crippen LogP contribution in [0.25, 0.3) is 10.4 Å². The van der Waals surface area contributed by atoms with Crippen molar-refractivity contribution in [3.05, 3.63) is 10.4 Å². The van der Waals surface area contributed by atoms with E-state index < -0.39 is 37.1 Å². The van der Waals surface area contributed by atoms with E-state index in [1.807, 2.05) is 0 Å². The van der Waals surface area contributed by atoms with Crippen LogP contribution in [0.1, 0.15) is 32.6 Å². The Bertz CT molecular complexity index is 874. The maximum atomic E-state index is 11.8. The Morgan fingerprint density at radius 3 is 1.67 bits per heavy atom. The lowest BCUT2D eigenvalue weighted by Crippen LogP contribution is -2.63. The number of nitrogens with one attached hydrogen (secondary N) is 3. The number of amides is 3. The number of hydrogen-bond acceptors (Lipinski definition) is 14. The average Bonchev–Trinajstić information content (AvgIpc) is 3.09. The van der Waals surface area contributed by atoms with E-state index in [9.17, 15) is 24.9 Å². The second kappa shape index (κ2) is 31.6. The molecular formula is C30H58N6O13. The van der Waals surface area contributed by atoms with Crippen LogP contribution in [0.3, 0.4) is 0 Å². The summed E-state index contributed by atoms with van der Waals surface area (Å²) in [5.74, 6) is -0.332. The van der Waals surface area contributed by atoms with E-state index in [2.05, 4.69) is 26.0 Å². The highest BCUT2D eigenvalue weighted by atomic mass is 16.6. The Hall–Kier alpha value is -2.39. The molecule has 1 fully saturated rings. The summed E-state index contributed by atoms with van der Waals surface area (Å²) < 4.78 is 43.6. The number of unbranched alkanes of at least 4 members (excludes halogenated alkanes) is 2. The highest BCUT2D eigenvalue weighted by Crippen LogP contribution is 2.25. The number of azide groups is 1.